The zero-order valence-electron chi connectivity index (χ0n) is 11.3. The summed E-state index contributed by atoms with van der Waals surface area (Å²) in [5.41, 5.74) is 1.63. The molecule has 1 aromatic rings. The molecule has 0 spiro atoms. The number of oxime groups is 1. The van der Waals surface area contributed by atoms with Crippen molar-refractivity contribution in [1.82, 2.24) is 0 Å². The summed E-state index contributed by atoms with van der Waals surface area (Å²) in [6.45, 7) is 4.13. The van der Waals surface area contributed by atoms with Crippen molar-refractivity contribution >= 4 is 23.3 Å². The Morgan fingerprint density at radius 1 is 1.45 bits per heavy atom. The van der Waals surface area contributed by atoms with Gasteiger partial charge in [-0.05, 0) is 23.6 Å². The lowest BCUT2D eigenvalue weighted by atomic mass is 10.0. The lowest BCUT2D eigenvalue weighted by Crippen LogP contribution is -2.28. The van der Waals surface area contributed by atoms with Crippen molar-refractivity contribution in [3.05, 3.63) is 29.8 Å². The van der Waals surface area contributed by atoms with Crippen molar-refractivity contribution in [2.75, 3.05) is 5.32 Å². The summed E-state index contributed by atoms with van der Waals surface area (Å²) in [7, 11) is 0. The van der Waals surface area contributed by atoms with Crippen LogP contribution in [0.3, 0.4) is 0 Å². The molecule has 1 amide bonds. The molecule has 1 unspecified atom stereocenters. The first-order valence-corrected chi connectivity index (χ1v) is 6.34. The number of anilines is 1. The van der Waals surface area contributed by atoms with Crippen molar-refractivity contribution in [2.24, 2.45) is 5.16 Å². The molecule has 0 aliphatic carbocycles. The number of hydrogen-bond acceptors (Lipinski definition) is 4. The highest BCUT2D eigenvalue weighted by molar-refractivity contribution is 6.36. The molecule has 2 N–H and O–H groups in total. The summed E-state index contributed by atoms with van der Waals surface area (Å²) in [6, 6.07) is 7.51. The van der Waals surface area contributed by atoms with Crippen LogP contribution in [0.2, 0.25) is 0 Å². The van der Waals surface area contributed by atoms with Crippen molar-refractivity contribution in [3.8, 4) is 0 Å². The van der Waals surface area contributed by atoms with Crippen molar-refractivity contribution in [3.63, 3.8) is 0 Å². The van der Waals surface area contributed by atoms with Gasteiger partial charge in [0.2, 0.25) is 6.10 Å². The van der Waals surface area contributed by atoms with E-state index < -0.39 is 18.0 Å². The van der Waals surface area contributed by atoms with Crippen LogP contribution < -0.4 is 5.32 Å². The molecule has 1 aromatic carbocycles. The molecule has 20 heavy (non-hydrogen) atoms. The van der Waals surface area contributed by atoms with E-state index in [-0.39, 0.29) is 12.1 Å². The standard InChI is InChI=1S/C14H16N2O4/c1-8(2)9-4-3-5-10(6-9)15-13(17)12-7-11(14(18)19)16-20-12/h3-6,8,12H,7H2,1-2H3,(H,15,17)(H,18,19). The fraction of sp³-hybridized carbons (Fsp3) is 0.357. The van der Waals surface area contributed by atoms with Gasteiger partial charge in [-0.15, -0.1) is 0 Å². The average molecular weight is 276 g/mol. The van der Waals surface area contributed by atoms with Gasteiger partial charge in [-0.1, -0.05) is 31.1 Å². The molecule has 106 valence electrons. The summed E-state index contributed by atoms with van der Waals surface area (Å²) >= 11 is 0. The second-order valence-electron chi connectivity index (χ2n) is 4.91. The molecular weight excluding hydrogens is 260 g/mol. The number of aliphatic carboxylic acids is 1. The third-order valence-corrected chi connectivity index (χ3v) is 3.03. The average Bonchev–Trinajstić information content (AvgIpc) is 2.88. The van der Waals surface area contributed by atoms with Gasteiger partial charge < -0.3 is 15.3 Å². The molecule has 1 atom stereocenters. The first kappa shape index (κ1) is 14.0. The predicted octanol–water partition coefficient (Wildman–Crippen LogP) is 1.98. The number of nitrogens with one attached hydrogen (secondary N) is 1. The Kier molecular flexibility index (Phi) is 4.02. The molecule has 0 radical (unpaired) electrons. The Hall–Kier alpha value is -2.37. The maximum atomic E-state index is 12.0. The van der Waals surface area contributed by atoms with Gasteiger partial charge in [0.15, 0.2) is 5.71 Å². The minimum absolute atomic E-state index is 0.0228. The zero-order chi connectivity index (χ0) is 14.7. The van der Waals surface area contributed by atoms with Crippen molar-refractivity contribution in [2.45, 2.75) is 32.3 Å². The van der Waals surface area contributed by atoms with E-state index in [0.29, 0.717) is 11.6 Å². The van der Waals surface area contributed by atoms with Gasteiger partial charge >= 0.3 is 5.97 Å². The van der Waals surface area contributed by atoms with E-state index in [9.17, 15) is 9.59 Å². The number of nitrogens with zero attached hydrogens (tertiary/aromatic N) is 1. The summed E-state index contributed by atoms with van der Waals surface area (Å²) < 4.78 is 0. The fourth-order valence-corrected chi connectivity index (χ4v) is 1.84. The number of benzene rings is 1. The van der Waals surface area contributed by atoms with E-state index in [1.54, 1.807) is 6.07 Å². The third-order valence-electron chi connectivity index (χ3n) is 3.03. The molecule has 1 aliphatic rings. The molecule has 0 aromatic heterocycles. The van der Waals surface area contributed by atoms with Gasteiger partial charge in [0, 0.05) is 12.1 Å². The van der Waals surface area contributed by atoms with Crippen LogP contribution in [0.5, 0.6) is 0 Å². The number of carboxylic acids is 1. The van der Waals surface area contributed by atoms with Gasteiger partial charge in [-0.3, -0.25) is 4.79 Å². The monoisotopic (exact) mass is 276 g/mol. The second kappa shape index (κ2) is 5.73. The molecule has 0 fully saturated rings. The molecule has 2 rings (SSSR count). The van der Waals surface area contributed by atoms with Crippen molar-refractivity contribution in [1.29, 1.82) is 0 Å². The smallest absolute Gasteiger partial charge is 0.353 e. The predicted molar refractivity (Wildman–Crippen MR) is 73.7 cm³/mol. The summed E-state index contributed by atoms with van der Waals surface area (Å²) in [4.78, 5) is 27.5. The summed E-state index contributed by atoms with van der Waals surface area (Å²) in [6.07, 6.45) is -0.908. The molecule has 0 saturated carbocycles. The highest BCUT2D eigenvalue weighted by atomic mass is 16.6. The molecule has 6 nitrogen and oxygen atoms in total. The molecule has 0 saturated heterocycles. The molecule has 6 heteroatoms. The van der Waals surface area contributed by atoms with Gasteiger partial charge in [-0.2, -0.15) is 0 Å². The highest BCUT2D eigenvalue weighted by Gasteiger charge is 2.31. The Balaban J connectivity index is 1.99. The third kappa shape index (κ3) is 3.14. The van der Waals surface area contributed by atoms with Crippen LogP contribution in [-0.2, 0) is 14.4 Å². The zero-order valence-corrected chi connectivity index (χ0v) is 11.3. The van der Waals surface area contributed by atoms with Crippen molar-refractivity contribution < 1.29 is 19.5 Å². The summed E-state index contributed by atoms with van der Waals surface area (Å²) in [5, 5.41) is 14.8. The van der Waals surface area contributed by atoms with Crippen LogP contribution in [0.4, 0.5) is 5.69 Å². The first-order chi connectivity index (χ1) is 9.47. The van der Waals surface area contributed by atoms with Crippen LogP contribution in [0.15, 0.2) is 29.4 Å². The highest BCUT2D eigenvalue weighted by Crippen LogP contribution is 2.20. The fourth-order valence-electron chi connectivity index (χ4n) is 1.84. The number of amides is 1. The van der Waals surface area contributed by atoms with E-state index in [0.717, 1.165) is 5.56 Å². The van der Waals surface area contributed by atoms with Crippen LogP contribution in [0.1, 0.15) is 31.7 Å². The van der Waals surface area contributed by atoms with Gasteiger partial charge in [-0.25, -0.2) is 4.79 Å². The minimum atomic E-state index is -1.16. The molecule has 1 aliphatic heterocycles. The van der Waals surface area contributed by atoms with E-state index in [4.69, 9.17) is 9.94 Å². The lowest BCUT2D eigenvalue weighted by molar-refractivity contribution is -0.129. The molecular formula is C14H16N2O4. The lowest BCUT2D eigenvalue weighted by Gasteiger charge is -2.11. The Bertz CT molecular complexity index is 566. The maximum absolute atomic E-state index is 12.0. The van der Waals surface area contributed by atoms with E-state index in [1.807, 2.05) is 18.2 Å². The maximum Gasteiger partial charge on any atom is 0.353 e. The SMILES string of the molecule is CC(C)c1cccc(NC(=O)C2CC(C(=O)O)=NO2)c1. The van der Waals surface area contributed by atoms with Crippen LogP contribution >= 0.6 is 0 Å². The van der Waals surface area contributed by atoms with Crippen LogP contribution in [0.25, 0.3) is 0 Å². The number of carbonyl (C=O) groups is 2. The Morgan fingerprint density at radius 2 is 2.20 bits per heavy atom. The van der Waals surface area contributed by atoms with E-state index in [1.165, 1.54) is 0 Å². The Labute approximate surface area is 116 Å². The number of carboxylic acid groups (broad SMARTS) is 1. The van der Waals surface area contributed by atoms with Gasteiger partial charge in [0.25, 0.3) is 5.91 Å². The number of carbonyl (C=O) groups excluding carboxylic acids is 1. The van der Waals surface area contributed by atoms with Gasteiger partial charge in [0.1, 0.15) is 0 Å². The van der Waals surface area contributed by atoms with Crippen LogP contribution in [0, 0.1) is 0 Å². The molecule has 1 heterocycles. The first-order valence-electron chi connectivity index (χ1n) is 6.34. The minimum Gasteiger partial charge on any atom is -0.477 e. The van der Waals surface area contributed by atoms with Gasteiger partial charge in [0.05, 0.1) is 0 Å². The molecule has 0 bridgehead atoms. The number of hydrogen-bond donors (Lipinski definition) is 2. The van der Waals surface area contributed by atoms with E-state index in [2.05, 4.69) is 24.3 Å². The normalized spacial score (nSPS) is 17.6. The number of rotatable bonds is 4. The topological polar surface area (TPSA) is 88.0 Å². The van der Waals surface area contributed by atoms with E-state index >= 15 is 0 Å². The largest absolute Gasteiger partial charge is 0.477 e. The Morgan fingerprint density at radius 3 is 2.80 bits per heavy atom. The second-order valence-corrected chi connectivity index (χ2v) is 4.91. The van der Waals surface area contributed by atoms with Crippen LogP contribution in [-0.4, -0.2) is 28.8 Å². The quantitative estimate of drug-likeness (QED) is 0.880. The summed E-state index contributed by atoms with van der Waals surface area (Å²) in [5.74, 6) is -1.20.